The highest BCUT2D eigenvalue weighted by Crippen LogP contribution is 2.35. The van der Waals surface area contributed by atoms with Crippen LogP contribution in [0, 0.1) is 5.41 Å². The second kappa shape index (κ2) is 6.21. The third-order valence-corrected chi connectivity index (χ3v) is 3.50. The van der Waals surface area contributed by atoms with Crippen molar-refractivity contribution >= 4 is 5.91 Å². The molecule has 1 aliphatic carbocycles. The lowest BCUT2D eigenvalue weighted by molar-refractivity contribution is -0.123. The third-order valence-electron chi connectivity index (χ3n) is 3.50. The summed E-state index contributed by atoms with van der Waals surface area (Å²) in [7, 11) is 1.58. The summed E-state index contributed by atoms with van der Waals surface area (Å²) >= 11 is 0. The van der Waals surface area contributed by atoms with Gasteiger partial charge in [0, 0.05) is 25.5 Å². The first kappa shape index (κ1) is 13.5. The molecule has 16 heavy (non-hydrogen) atoms. The van der Waals surface area contributed by atoms with Gasteiger partial charge in [-0.25, -0.2) is 0 Å². The van der Waals surface area contributed by atoms with Crippen molar-refractivity contribution in [1.82, 2.24) is 5.32 Å². The highest BCUT2D eigenvalue weighted by Gasteiger charge is 2.35. The van der Waals surface area contributed by atoms with Gasteiger partial charge in [0.2, 0.25) is 5.91 Å². The third kappa shape index (κ3) is 3.76. The summed E-state index contributed by atoms with van der Waals surface area (Å²) in [6, 6.07) is 0. The predicted octanol–water partition coefficient (Wildman–Crippen LogP) is 1.08. The van der Waals surface area contributed by atoms with Crippen LogP contribution in [-0.4, -0.2) is 37.4 Å². The Labute approximate surface area is 97.4 Å². The fourth-order valence-corrected chi connectivity index (χ4v) is 2.17. The van der Waals surface area contributed by atoms with Crippen LogP contribution in [0.3, 0.4) is 0 Å². The number of amides is 1. The number of carbonyl (C=O) groups is 1. The van der Waals surface area contributed by atoms with Crippen LogP contribution >= 0.6 is 0 Å². The number of hydrogen-bond acceptors (Lipinski definition) is 3. The summed E-state index contributed by atoms with van der Waals surface area (Å²) in [6.45, 7) is 3.06. The fourth-order valence-electron chi connectivity index (χ4n) is 2.17. The molecular weight excluding hydrogens is 206 g/mol. The Morgan fingerprint density at radius 3 is 2.94 bits per heavy atom. The Morgan fingerprint density at radius 2 is 2.31 bits per heavy atom. The molecule has 2 N–H and O–H groups in total. The molecule has 0 aromatic heterocycles. The van der Waals surface area contributed by atoms with Crippen molar-refractivity contribution in [1.29, 1.82) is 0 Å². The van der Waals surface area contributed by atoms with Crippen molar-refractivity contribution in [2.45, 2.75) is 45.1 Å². The molecule has 0 bridgehead atoms. The Morgan fingerprint density at radius 1 is 1.56 bits per heavy atom. The van der Waals surface area contributed by atoms with E-state index >= 15 is 0 Å². The first-order valence-electron chi connectivity index (χ1n) is 6.02. The number of aliphatic hydroxyl groups is 1. The maximum absolute atomic E-state index is 11.4. The van der Waals surface area contributed by atoms with Crippen LogP contribution in [0.1, 0.15) is 39.0 Å². The van der Waals surface area contributed by atoms with E-state index in [9.17, 15) is 9.90 Å². The molecule has 1 amide bonds. The molecule has 4 nitrogen and oxygen atoms in total. The van der Waals surface area contributed by atoms with Crippen molar-refractivity contribution in [3.63, 3.8) is 0 Å². The first-order chi connectivity index (χ1) is 7.58. The monoisotopic (exact) mass is 229 g/mol. The van der Waals surface area contributed by atoms with E-state index in [4.69, 9.17) is 4.74 Å². The van der Waals surface area contributed by atoms with Crippen LogP contribution in [0.15, 0.2) is 0 Å². The molecular formula is C12H23NO3. The zero-order chi connectivity index (χ0) is 12.0. The summed E-state index contributed by atoms with van der Waals surface area (Å²) in [6.07, 6.45) is 4.17. The molecule has 4 heteroatoms. The van der Waals surface area contributed by atoms with Crippen LogP contribution < -0.4 is 5.32 Å². The van der Waals surface area contributed by atoms with Gasteiger partial charge in [-0.05, 0) is 12.8 Å². The predicted molar refractivity (Wildman–Crippen MR) is 62.1 cm³/mol. The zero-order valence-corrected chi connectivity index (χ0v) is 10.3. The van der Waals surface area contributed by atoms with Gasteiger partial charge in [-0.1, -0.05) is 19.8 Å². The van der Waals surface area contributed by atoms with E-state index in [2.05, 4.69) is 5.32 Å². The second-order valence-electron chi connectivity index (χ2n) is 4.94. The Balaban J connectivity index is 2.32. The summed E-state index contributed by atoms with van der Waals surface area (Å²) in [4.78, 5) is 11.4. The highest BCUT2D eigenvalue weighted by molar-refractivity contribution is 5.76. The fraction of sp³-hybridized carbons (Fsp3) is 0.917. The molecule has 1 saturated carbocycles. The van der Waals surface area contributed by atoms with Gasteiger partial charge in [-0.2, -0.15) is 0 Å². The van der Waals surface area contributed by atoms with E-state index in [-0.39, 0.29) is 17.4 Å². The van der Waals surface area contributed by atoms with E-state index in [1.54, 1.807) is 7.11 Å². The SMILES string of the molecule is COCCC(=O)NCC1(C)CCCCC1O. The van der Waals surface area contributed by atoms with E-state index in [1.165, 1.54) is 0 Å². The molecule has 1 rings (SSSR count). The topological polar surface area (TPSA) is 58.6 Å². The number of rotatable bonds is 5. The van der Waals surface area contributed by atoms with Crippen molar-refractivity contribution in [2.24, 2.45) is 5.41 Å². The number of methoxy groups -OCH3 is 1. The van der Waals surface area contributed by atoms with Gasteiger partial charge in [0.15, 0.2) is 0 Å². The normalized spacial score (nSPS) is 30.1. The smallest absolute Gasteiger partial charge is 0.222 e. The minimum Gasteiger partial charge on any atom is -0.392 e. The molecule has 2 atom stereocenters. The molecule has 0 radical (unpaired) electrons. The number of ether oxygens (including phenoxy) is 1. The number of nitrogens with one attached hydrogen (secondary N) is 1. The maximum Gasteiger partial charge on any atom is 0.222 e. The Bertz CT molecular complexity index is 232. The van der Waals surface area contributed by atoms with E-state index < -0.39 is 0 Å². The van der Waals surface area contributed by atoms with Crippen molar-refractivity contribution < 1.29 is 14.6 Å². The molecule has 1 aliphatic rings. The Kier molecular flexibility index (Phi) is 5.22. The molecule has 0 aliphatic heterocycles. The maximum atomic E-state index is 11.4. The van der Waals surface area contributed by atoms with Gasteiger partial charge in [-0.3, -0.25) is 4.79 Å². The lowest BCUT2D eigenvalue weighted by Gasteiger charge is -2.38. The average Bonchev–Trinajstić information content (AvgIpc) is 2.28. The molecule has 2 unspecified atom stereocenters. The van der Waals surface area contributed by atoms with Crippen molar-refractivity contribution in [3.8, 4) is 0 Å². The van der Waals surface area contributed by atoms with Crippen LogP contribution in [0.5, 0.6) is 0 Å². The van der Waals surface area contributed by atoms with Crippen LogP contribution in [0.2, 0.25) is 0 Å². The summed E-state index contributed by atoms with van der Waals surface area (Å²) in [5.41, 5.74) is -0.152. The second-order valence-corrected chi connectivity index (χ2v) is 4.94. The quantitative estimate of drug-likeness (QED) is 0.741. The van der Waals surface area contributed by atoms with E-state index in [1.807, 2.05) is 6.92 Å². The Hall–Kier alpha value is -0.610. The van der Waals surface area contributed by atoms with Crippen LogP contribution in [-0.2, 0) is 9.53 Å². The van der Waals surface area contributed by atoms with Gasteiger partial charge in [0.1, 0.15) is 0 Å². The van der Waals surface area contributed by atoms with E-state index in [0.717, 1.165) is 25.7 Å². The molecule has 0 aromatic carbocycles. The van der Waals surface area contributed by atoms with Gasteiger partial charge in [0.25, 0.3) is 0 Å². The summed E-state index contributed by atoms with van der Waals surface area (Å²) in [5, 5.41) is 12.8. The van der Waals surface area contributed by atoms with Gasteiger partial charge in [-0.15, -0.1) is 0 Å². The minimum absolute atomic E-state index is 0.000786. The number of carbonyl (C=O) groups excluding carboxylic acids is 1. The van der Waals surface area contributed by atoms with Crippen molar-refractivity contribution in [2.75, 3.05) is 20.3 Å². The molecule has 0 spiro atoms. The largest absolute Gasteiger partial charge is 0.392 e. The zero-order valence-electron chi connectivity index (χ0n) is 10.3. The number of aliphatic hydroxyl groups excluding tert-OH is 1. The number of hydrogen-bond donors (Lipinski definition) is 2. The molecule has 1 fully saturated rings. The van der Waals surface area contributed by atoms with E-state index in [0.29, 0.717) is 19.6 Å². The van der Waals surface area contributed by atoms with Crippen LogP contribution in [0.4, 0.5) is 0 Å². The van der Waals surface area contributed by atoms with Gasteiger partial charge in [0.05, 0.1) is 12.7 Å². The first-order valence-corrected chi connectivity index (χ1v) is 6.02. The van der Waals surface area contributed by atoms with Crippen molar-refractivity contribution in [3.05, 3.63) is 0 Å². The minimum atomic E-state index is -0.288. The average molecular weight is 229 g/mol. The molecule has 0 saturated heterocycles. The highest BCUT2D eigenvalue weighted by atomic mass is 16.5. The summed E-state index contributed by atoms with van der Waals surface area (Å²) < 4.78 is 4.84. The lowest BCUT2D eigenvalue weighted by Crippen LogP contribution is -2.45. The molecule has 0 aromatic rings. The molecule has 0 heterocycles. The van der Waals surface area contributed by atoms with Gasteiger partial charge >= 0.3 is 0 Å². The standard InChI is InChI=1S/C12H23NO3/c1-12(7-4-3-5-10(12)14)9-13-11(15)6-8-16-2/h10,14H,3-9H2,1-2H3,(H,13,15). The lowest BCUT2D eigenvalue weighted by atomic mass is 9.73. The molecule has 94 valence electrons. The van der Waals surface area contributed by atoms with Gasteiger partial charge < -0.3 is 15.2 Å². The summed E-state index contributed by atoms with van der Waals surface area (Å²) in [5.74, 6) is 0.000786. The van der Waals surface area contributed by atoms with Crippen LogP contribution in [0.25, 0.3) is 0 Å².